The van der Waals surface area contributed by atoms with Crippen LogP contribution in [0, 0.1) is 12.7 Å². The second-order valence-electron chi connectivity index (χ2n) is 6.60. The molecule has 1 aromatic heterocycles. The Bertz CT molecular complexity index is 1060. The van der Waals surface area contributed by atoms with Crippen molar-refractivity contribution in [3.63, 3.8) is 0 Å². The number of benzene rings is 2. The molecule has 0 fully saturated rings. The van der Waals surface area contributed by atoms with Gasteiger partial charge in [-0.1, -0.05) is 18.2 Å². The zero-order valence-corrected chi connectivity index (χ0v) is 14.7. The molecule has 0 aliphatic heterocycles. The quantitative estimate of drug-likeness (QED) is 0.753. The van der Waals surface area contributed by atoms with Crippen molar-refractivity contribution >= 4 is 20.9 Å². The number of sulfonamides is 1. The lowest BCUT2D eigenvalue weighted by atomic mass is 9.92. The largest absolute Gasteiger partial charge is 0.358 e. The lowest BCUT2D eigenvalue weighted by Gasteiger charge is -2.24. The van der Waals surface area contributed by atoms with Crippen LogP contribution in [0.1, 0.15) is 23.2 Å². The van der Waals surface area contributed by atoms with E-state index in [9.17, 15) is 12.8 Å². The van der Waals surface area contributed by atoms with Crippen LogP contribution >= 0.6 is 0 Å². The highest BCUT2D eigenvalue weighted by molar-refractivity contribution is 7.89. The SMILES string of the molecule is Cc1ccccc1S(=O)(=O)NC1CCc2[nH]c3ccc(F)cc3c2C1. The molecule has 0 spiro atoms. The van der Waals surface area contributed by atoms with Gasteiger partial charge in [-0.3, -0.25) is 0 Å². The topological polar surface area (TPSA) is 62.0 Å². The molecule has 0 radical (unpaired) electrons. The van der Waals surface area contributed by atoms with Crippen LogP contribution in [-0.4, -0.2) is 19.4 Å². The number of fused-ring (bicyclic) bond motifs is 3. The summed E-state index contributed by atoms with van der Waals surface area (Å²) in [7, 11) is -3.57. The number of H-pyrrole nitrogens is 1. The molecule has 3 aromatic rings. The van der Waals surface area contributed by atoms with Crippen molar-refractivity contribution in [3.05, 3.63) is 65.1 Å². The molecule has 2 aromatic carbocycles. The minimum absolute atomic E-state index is 0.195. The molecule has 1 atom stereocenters. The second-order valence-corrected chi connectivity index (χ2v) is 8.28. The summed E-state index contributed by atoms with van der Waals surface area (Å²) in [5, 5.41) is 0.842. The number of nitrogens with one attached hydrogen (secondary N) is 2. The maximum absolute atomic E-state index is 13.6. The van der Waals surface area contributed by atoms with E-state index < -0.39 is 10.0 Å². The summed E-state index contributed by atoms with van der Waals surface area (Å²) >= 11 is 0. The molecule has 0 saturated heterocycles. The van der Waals surface area contributed by atoms with Gasteiger partial charge in [-0.05, 0) is 61.6 Å². The molecule has 2 N–H and O–H groups in total. The Balaban J connectivity index is 1.63. The summed E-state index contributed by atoms with van der Waals surface area (Å²) in [5.74, 6) is -0.281. The van der Waals surface area contributed by atoms with Crippen LogP contribution in [0.5, 0.6) is 0 Å². The fourth-order valence-corrected chi connectivity index (χ4v) is 5.15. The molecule has 1 aliphatic carbocycles. The molecule has 1 unspecified atom stereocenters. The van der Waals surface area contributed by atoms with Crippen molar-refractivity contribution in [2.75, 3.05) is 0 Å². The minimum Gasteiger partial charge on any atom is -0.358 e. The van der Waals surface area contributed by atoms with Crippen LogP contribution in [0.2, 0.25) is 0 Å². The highest BCUT2D eigenvalue weighted by Crippen LogP contribution is 2.30. The summed E-state index contributed by atoms with van der Waals surface area (Å²) in [6.07, 6.45) is 2.02. The normalized spacial score (nSPS) is 17.6. The van der Waals surface area contributed by atoms with Crippen molar-refractivity contribution in [2.45, 2.75) is 37.1 Å². The molecule has 0 saturated carbocycles. The standard InChI is InChI=1S/C19H19FN2O2S/c1-12-4-2-3-5-19(12)25(23,24)22-14-7-9-18-16(11-14)15-10-13(20)6-8-17(15)21-18/h2-6,8,10,14,21-22H,7,9,11H2,1H3. The number of rotatable bonds is 3. The van der Waals surface area contributed by atoms with Crippen molar-refractivity contribution in [2.24, 2.45) is 0 Å². The number of aryl methyl sites for hydroxylation is 2. The first-order valence-electron chi connectivity index (χ1n) is 8.31. The Morgan fingerprint density at radius 1 is 1.20 bits per heavy atom. The zero-order valence-electron chi connectivity index (χ0n) is 13.8. The van der Waals surface area contributed by atoms with Gasteiger partial charge in [0.15, 0.2) is 0 Å². The van der Waals surface area contributed by atoms with Crippen molar-refractivity contribution in [3.8, 4) is 0 Å². The number of hydrogen-bond donors (Lipinski definition) is 2. The number of aromatic amines is 1. The van der Waals surface area contributed by atoms with Gasteiger partial charge >= 0.3 is 0 Å². The average Bonchev–Trinajstić information content (AvgIpc) is 2.92. The van der Waals surface area contributed by atoms with Gasteiger partial charge in [0.2, 0.25) is 10.0 Å². The first kappa shape index (κ1) is 16.3. The van der Waals surface area contributed by atoms with E-state index in [0.717, 1.165) is 34.1 Å². The van der Waals surface area contributed by atoms with E-state index in [-0.39, 0.29) is 11.9 Å². The number of aromatic nitrogens is 1. The molecule has 0 amide bonds. The summed E-state index contributed by atoms with van der Waals surface area (Å²) in [4.78, 5) is 3.63. The summed E-state index contributed by atoms with van der Waals surface area (Å²) < 4.78 is 41.8. The smallest absolute Gasteiger partial charge is 0.241 e. The zero-order chi connectivity index (χ0) is 17.6. The fraction of sp³-hybridized carbons (Fsp3) is 0.263. The Hall–Kier alpha value is -2.18. The van der Waals surface area contributed by atoms with Crippen LogP contribution in [0.4, 0.5) is 4.39 Å². The van der Waals surface area contributed by atoms with Crippen LogP contribution in [0.25, 0.3) is 10.9 Å². The van der Waals surface area contributed by atoms with Crippen LogP contribution < -0.4 is 4.72 Å². The van der Waals surface area contributed by atoms with Gasteiger partial charge in [0.1, 0.15) is 5.82 Å². The first-order chi connectivity index (χ1) is 11.9. The lowest BCUT2D eigenvalue weighted by molar-refractivity contribution is 0.506. The number of halogens is 1. The van der Waals surface area contributed by atoms with E-state index in [2.05, 4.69) is 9.71 Å². The van der Waals surface area contributed by atoms with Crippen molar-refractivity contribution in [1.82, 2.24) is 9.71 Å². The maximum atomic E-state index is 13.6. The van der Waals surface area contributed by atoms with E-state index >= 15 is 0 Å². The van der Waals surface area contributed by atoms with E-state index in [0.29, 0.717) is 17.7 Å². The highest BCUT2D eigenvalue weighted by Gasteiger charge is 2.27. The Kier molecular flexibility index (Phi) is 3.89. The Labute approximate surface area is 146 Å². The third-order valence-corrected chi connectivity index (χ3v) is 6.54. The first-order valence-corrected chi connectivity index (χ1v) is 9.79. The maximum Gasteiger partial charge on any atom is 0.241 e. The number of hydrogen-bond acceptors (Lipinski definition) is 2. The molecule has 130 valence electrons. The summed E-state index contributed by atoms with van der Waals surface area (Å²) in [5.41, 5.74) is 3.71. The van der Waals surface area contributed by atoms with Gasteiger partial charge in [-0.15, -0.1) is 0 Å². The highest BCUT2D eigenvalue weighted by atomic mass is 32.2. The minimum atomic E-state index is -3.57. The molecule has 0 bridgehead atoms. The van der Waals surface area contributed by atoms with Crippen LogP contribution in [-0.2, 0) is 22.9 Å². The third kappa shape index (κ3) is 2.96. The molecule has 6 heteroatoms. The fourth-order valence-electron chi connectivity index (χ4n) is 3.63. The Morgan fingerprint density at radius 2 is 2.00 bits per heavy atom. The lowest BCUT2D eigenvalue weighted by Crippen LogP contribution is -2.38. The predicted octanol–water partition coefficient (Wildman–Crippen LogP) is 3.45. The molecular formula is C19H19FN2O2S. The van der Waals surface area contributed by atoms with Gasteiger partial charge in [-0.25, -0.2) is 17.5 Å². The van der Waals surface area contributed by atoms with Gasteiger partial charge in [0.25, 0.3) is 0 Å². The molecule has 1 aliphatic rings. The van der Waals surface area contributed by atoms with Gasteiger partial charge in [-0.2, -0.15) is 0 Å². The Morgan fingerprint density at radius 3 is 2.80 bits per heavy atom. The van der Waals surface area contributed by atoms with Gasteiger partial charge in [0.05, 0.1) is 4.90 Å². The van der Waals surface area contributed by atoms with E-state index in [1.54, 1.807) is 31.2 Å². The molecule has 25 heavy (non-hydrogen) atoms. The van der Waals surface area contributed by atoms with E-state index in [4.69, 9.17) is 0 Å². The van der Waals surface area contributed by atoms with Gasteiger partial charge in [0, 0.05) is 22.6 Å². The molecular weight excluding hydrogens is 339 g/mol. The predicted molar refractivity (Wildman–Crippen MR) is 95.6 cm³/mol. The molecule has 1 heterocycles. The van der Waals surface area contributed by atoms with Crippen molar-refractivity contribution in [1.29, 1.82) is 0 Å². The monoisotopic (exact) mass is 358 g/mol. The van der Waals surface area contributed by atoms with Gasteiger partial charge < -0.3 is 4.98 Å². The van der Waals surface area contributed by atoms with Crippen LogP contribution in [0.15, 0.2) is 47.4 Å². The van der Waals surface area contributed by atoms with Crippen LogP contribution in [0.3, 0.4) is 0 Å². The third-order valence-electron chi connectivity index (χ3n) is 4.85. The summed E-state index contributed by atoms with van der Waals surface area (Å²) in [6.45, 7) is 1.79. The second kappa shape index (κ2) is 5.97. The van der Waals surface area contributed by atoms with E-state index in [1.165, 1.54) is 12.1 Å². The van der Waals surface area contributed by atoms with E-state index in [1.807, 2.05) is 6.07 Å². The summed E-state index contributed by atoms with van der Waals surface area (Å²) in [6, 6.07) is 11.4. The molecule has 4 nitrogen and oxygen atoms in total. The molecule has 4 rings (SSSR count). The van der Waals surface area contributed by atoms with Crippen molar-refractivity contribution < 1.29 is 12.8 Å². The average molecular weight is 358 g/mol.